The molecule has 11 nitrogen and oxygen atoms in total. The number of fused-ring (bicyclic) bond motifs is 10. The summed E-state index contributed by atoms with van der Waals surface area (Å²) < 4.78 is 19.0. The lowest BCUT2D eigenvalue weighted by Crippen LogP contribution is -2.58. The lowest BCUT2D eigenvalue weighted by atomic mass is 9.96. The van der Waals surface area contributed by atoms with E-state index in [0.717, 1.165) is 0 Å². The van der Waals surface area contributed by atoms with E-state index >= 15 is 0 Å². The summed E-state index contributed by atoms with van der Waals surface area (Å²) in [6.07, 6.45) is -6.05. The molecule has 2 amide bonds. The molecular formula is C29H23Cl2N3O8. The summed E-state index contributed by atoms with van der Waals surface area (Å²) in [4.78, 5) is 42.3. The van der Waals surface area contributed by atoms with E-state index in [1.807, 2.05) is 0 Å². The molecule has 0 unspecified atom stereocenters. The molecule has 2 aliphatic rings. The van der Waals surface area contributed by atoms with Crippen molar-refractivity contribution < 1.29 is 38.8 Å². The number of nitrogens with zero attached hydrogens (tertiary/aromatic N) is 1. The van der Waals surface area contributed by atoms with Crippen LogP contribution in [0.25, 0.3) is 43.6 Å². The van der Waals surface area contributed by atoms with Crippen LogP contribution in [0, 0.1) is 0 Å². The highest BCUT2D eigenvalue weighted by molar-refractivity contribution is 6.43. The molecule has 2 aliphatic heterocycles. The Kier molecular flexibility index (Phi) is 6.24. The Morgan fingerprint density at radius 2 is 1.64 bits per heavy atom. The van der Waals surface area contributed by atoms with Crippen LogP contribution in [-0.2, 0) is 19.0 Å². The third kappa shape index (κ3) is 3.58. The first-order chi connectivity index (χ1) is 20.2. The van der Waals surface area contributed by atoms with Gasteiger partial charge in [-0.1, -0.05) is 47.5 Å². The molecule has 5 atom stereocenters. The number of para-hydroxylation sites is 2. The number of rotatable bonds is 4. The third-order valence-electron chi connectivity index (χ3n) is 8.07. The van der Waals surface area contributed by atoms with Crippen LogP contribution in [0.4, 0.5) is 0 Å². The number of nitrogens with one attached hydrogen (secondary N) is 2. The molecule has 0 radical (unpaired) electrons. The smallest absolute Gasteiger partial charge is 0.303 e. The molecule has 3 aromatic carbocycles. The van der Waals surface area contributed by atoms with E-state index < -0.39 is 55.0 Å². The van der Waals surface area contributed by atoms with Crippen molar-refractivity contribution in [3.63, 3.8) is 0 Å². The molecule has 4 N–H and O–H groups in total. The van der Waals surface area contributed by atoms with Crippen molar-refractivity contribution in [1.29, 1.82) is 0 Å². The number of imide groups is 1. The second-order valence-electron chi connectivity index (χ2n) is 10.3. The number of esters is 1. The highest BCUT2D eigenvalue weighted by Gasteiger charge is 2.49. The largest absolute Gasteiger partial charge is 0.455 e. The highest BCUT2D eigenvalue weighted by atomic mass is 35.5. The Labute approximate surface area is 246 Å². The van der Waals surface area contributed by atoms with Crippen molar-refractivity contribution in [2.45, 2.75) is 37.6 Å². The quantitative estimate of drug-likeness (QED) is 0.177. The van der Waals surface area contributed by atoms with Crippen LogP contribution in [0.2, 0.25) is 10.0 Å². The first-order valence-corrected chi connectivity index (χ1v) is 13.8. The van der Waals surface area contributed by atoms with Gasteiger partial charge in [0.1, 0.15) is 18.3 Å². The van der Waals surface area contributed by atoms with Gasteiger partial charge in [-0.05, 0) is 12.1 Å². The van der Waals surface area contributed by atoms with Gasteiger partial charge in [-0.25, -0.2) is 0 Å². The van der Waals surface area contributed by atoms with Crippen molar-refractivity contribution in [2.24, 2.45) is 0 Å². The van der Waals surface area contributed by atoms with Crippen molar-refractivity contribution in [1.82, 2.24) is 14.9 Å². The summed E-state index contributed by atoms with van der Waals surface area (Å²) in [6.45, 7) is 0.677. The molecule has 4 heterocycles. The minimum Gasteiger partial charge on any atom is -0.455 e. The molecule has 5 aromatic rings. The van der Waals surface area contributed by atoms with Gasteiger partial charge in [-0.3, -0.25) is 19.7 Å². The fourth-order valence-corrected chi connectivity index (χ4v) is 6.99. The number of aliphatic hydroxyl groups is 2. The molecule has 2 aromatic heterocycles. The molecule has 42 heavy (non-hydrogen) atoms. The minimum absolute atomic E-state index is 0.142. The summed E-state index contributed by atoms with van der Waals surface area (Å²) >= 11 is 13.4. The molecule has 0 spiro atoms. The Morgan fingerprint density at radius 1 is 0.976 bits per heavy atom. The Hall–Kier alpha value is -3.71. The molecule has 0 bridgehead atoms. The Bertz CT molecular complexity index is 2000. The van der Waals surface area contributed by atoms with Gasteiger partial charge in [0.05, 0.1) is 49.8 Å². The van der Waals surface area contributed by atoms with Crippen LogP contribution in [0.3, 0.4) is 0 Å². The Balaban J connectivity index is 1.70. The zero-order valence-corrected chi connectivity index (χ0v) is 23.6. The number of methoxy groups -OCH3 is 1. The predicted molar refractivity (Wildman–Crippen MR) is 154 cm³/mol. The van der Waals surface area contributed by atoms with E-state index in [-0.39, 0.29) is 16.1 Å². The number of aromatic amines is 1. The number of halogens is 2. The summed E-state index contributed by atoms with van der Waals surface area (Å²) in [7, 11) is 1.35. The van der Waals surface area contributed by atoms with E-state index in [2.05, 4.69) is 10.3 Å². The van der Waals surface area contributed by atoms with Gasteiger partial charge in [0.15, 0.2) is 12.3 Å². The lowest BCUT2D eigenvalue weighted by molar-refractivity contribution is -0.261. The first kappa shape index (κ1) is 27.1. The number of hydrogen-bond donors (Lipinski definition) is 4. The zero-order valence-electron chi connectivity index (χ0n) is 22.1. The van der Waals surface area contributed by atoms with E-state index in [0.29, 0.717) is 48.6 Å². The number of H-pyrrole nitrogens is 1. The average Bonchev–Trinajstić information content (AvgIpc) is 3.60. The van der Waals surface area contributed by atoms with E-state index in [9.17, 15) is 24.6 Å². The normalized spacial score (nSPS) is 24.2. The van der Waals surface area contributed by atoms with E-state index in [1.54, 1.807) is 41.0 Å². The number of carbonyl (C=O) groups is 3. The number of benzene rings is 3. The number of carbonyl (C=O) groups excluding carboxylic acids is 3. The van der Waals surface area contributed by atoms with Gasteiger partial charge in [0, 0.05) is 35.6 Å². The van der Waals surface area contributed by atoms with Crippen LogP contribution >= 0.6 is 23.2 Å². The fraction of sp³-hybridized carbons (Fsp3) is 0.276. The third-order valence-corrected chi connectivity index (χ3v) is 8.69. The number of amides is 2. The monoisotopic (exact) mass is 611 g/mol. The van der Waals surface area contributed by atoms with Crippen molar-refractivity contribution in [3.05, 3.63) is 57.6 Å². The van der Waals surface area contributed by atoms with Gasteiger partial charge < -0.3 is 34.0 Å². The maximum absolute atomic E-state index is 13.4. The summed E-state index contributed by atoms with van der Waals surface area (Å²) in [5.41, 5.74) is 2.09. The van der Waals surface area contributed by atoms with Crippen LogP contribution in [0.1, 0.15) is 33.9 Å². The van der Waals surface area contributed by atoms with Crippen molar-refractivity contribution in [3.8, 4) is 0 Å². The second kappa shape index (κ2) is 9.66. The number of aromatic nitrogens is 2. The minimum atomic E-state index is -1.42. The van der Waals surface area contributed by atoms with Crippen molar-refractivity contribution in [2.75, 3.05) is 13.7 Å². The molecule has 1 fully saturated rings. The lowest BCUT2D eigenvalue weighted by Gasteiger charge is -2.43. The molecule has 7 rings (SSSR count). The predicted octanol–water partition coefficient (Wildman–Crippen LogP) is 3.82. The standard InChI is InChI=1S/C29H23Cl2N3O8/c1-10(36)41-26-24(37)25(40-2)15(9-35)42-29(26)34-22-12(6-4-8-14(22)31)17-19-18(27(38)33-28(19)39)16-11-5-3-7-13(30)20(11)32-21(16)23(17)34/h3-8,15,24-26,29,32,35,37H,9H2,1-2H3,(H,33,38,39)/t15-,24+,25-,26-,29-/m1/s1. The summed E-state index contributed by atoms with van der Waals surface area (Å²) in [6, 6.07) is 10.3. The topological polar surface area (TPSA) is 152 Å². The summed E-state index contributed by atoms with van der Waals surface area (Å²) in [5.74, 6) is -1.84. The van der Waals surface area contributed by atoms with Crippen LogP contribution in [0.5, 0.6) is 0 Å². The highest BCUT2D eigenvalue weighted by Crippen LogP contribution is 2.48. The fourth-order valence-electron chi connectivity index (χ4n) is 6.50. The zero-order chi connectivity index (χ0) is 29.6. The van der Waals surface area contributed by atoms with Crippen LogP contribution in [0.15, 0.2) is 36.4 Å². The maximum Gasteiger partial charge on any atom is 0.303 e. The molecule has 1 saturated heterocycles. The second-order valence-corrected chi connectivity index (χ2v) is 11.1. The number of aliphatic hydroxyl groups excluding tert-OH is 2. The SMILES string of the molecule is CO[C@H]1[C@H](O)[C@@H](OC(C)=O)[C@H](n2c3c(Cl)cccc3c3c4c(c5c6cccc(Cl)c6[nH]c5c32)C(=O)NC4=O)O[C@@H]1CO. The van der Waals surface area contributed by atoms with Gasteiger partial charge >= 0.3 is 5.97 Å². The number of ether oxygens (including phenoxy) is 3. The van der Waals surface area contributed by atoms with Gasteiger partial charge in [0.25, 0.3) is 11.8 Å². The molecular weight excluding hydrogens is 589 g/mol. The van der Waals surface area contributed by atoms with Gasteiger partial charge in [-0.2, -0.15) is 0 Å². The Morgan fingerprint density at radius 3 is 2.31 bits per heavy atom. The van der Waals surface area contributed by atoms with Crippen LogP contribution in [-0.4, -0.2) is 75.7 Å². The van der Waals surface area contributed by atoms with Crippen LogP contribution < -0.4 is 5.32 Å². The molecule has 13 heteroatoms. The van der Waals surface area contributed by atoms with E-state index in [4.69, 9.17) is 37.4 Å². The van der Waals surface area contributed by atoms with Crippen molar-refractivity contribution >= 4 is 84.6 Å². The average molecular weight is 612 g/mol. The van der Waals surface area contributed by atoms with Gasteiger partial charge in [-0.15, -0.1) is 0 Å². The molecule has 216 valence electrons. The maximum atomic E-state index is 13.4. The molecule has 0 aliphatic carbocycles. The summed E-state index contributed by atoms with van der Waals surface area (Å²) in [5, 5.41) is 26.6. The van der Waals surface area contributed by atoms with Gasteiger partial charge in [0.2, 0.25) is 0 Å². The molecule has 0 saturated carbocycles. The van der Waals surface area contributed by atoms with E-state index in [1.165, 1.54) is 14.0 Å². The first-order valence-electron chi connectivity index (χ1n) is 13.1. The number of hydrogen-bond acceptors (Lipinski definition) is 8.